The maximum absolute atomic E-state index is 10.6. The van der Waals surface area contributed by atoms with Gasteiger partial charge in [-0.05, 0) is 26.2 Å². The predicted octanol–water partition coefficient (Wildman–Crippen LogP) is 1.14. The highest BCUT2D eigenvalue weighted by atomic mass is 16.5. The third-order valence-corrected chi connectivity index (χ3v) is 2.75. The van der Waals surface area contributed by atoms with Gasteiger partial charge in [0.05, 0.1) is 5.60 Å². The van der Waals surface area contributed by atoms with E-state index in [1.54, 1.807) is 0 Å². The van der Waals surface area contributed by atoms with E-state index in [9.17, 15) is 4.79 Å². The summed E-state index contributed by atoms with van der Waals surface area (Å²) in [4.78, 5) is 10.6. The fourth-order valence-corrected chi connectivity index (χ4v) is 2.36. The van der Waals surface area contributed by atoms with Crippen LogP contribution in [0, 0.1) is 5.41 Å². The van der Waals surface area contributed by atoms with Gasteiger partial charge in [-0.3, -0.25) is 0 Å². The molecule has 2 heterocycles. The molecule has 0 unspecified atom stereocenters. The molecule has 0 radical (unpaired) electrons. The highest BCUT2D eigenvalue weighted by Gasteiger charge is 2.55. The maximum atomic E-state index is 10.6. The molecule has 0 atom stereocenters. The minimum Gasteiger partial charge on any atom is -0.375 e. The van der Waals surface area contributed by atoms with Crippen LogP contribution in [0.1, 0.15) is 26.2 Å². The summed E-state index contributed by atoms with van der Waals surface area (Å²) in [5, 5.41) is 0. The topological polar surface area (TPSA) is 26.3 Å². The third-order valence-electron chi connectivity index (χ3n) is 2.75. The van der Waals surface area contributed by atoms with E-state index >= 15 is 0 Å². The molecule has 0 aromatic rings. The van der Waals surface area contributed by atoms with E-state index in [2.05, 4.69) is 6.92 Å². The fourth-order valence-electron chi connectivity index (χ4n) is 2.36. The largest absolute Gasteiger partial charge is 0.375 e. The Labute approximate surface area is 60.6 Å². The Balaban J connectivity index is 2.14. The summed E-state index contributed by atoms with van der Waals surface area (Å²) in [6.07, 6.45) is 3.95. The summed E-state index contributed by atoms with van der Waals surface area (Å²) in [6.45, 7) is 2.86. The highest BCUT2D eigenvalue weighted by molar-refractivity contribution is 5.62. The molecular weight excluding hydrogens is 128 g/mol. The molecule has 0 aromatic heterocycles. The van der Waals surface area contributed by atoms with Gasteiger partial charge in [0, 0.05) is 12.0 Å². The monoisotopic (exact) mass is 140 g/mol. The molecule has 56 valence electrons. The van der Waals surface area contributed by atoms with Gasteiger partial charge >= 0.3 is 0 Å². The molecule has 10 heavy (non-hydrogen) atoms. The van der Waals surface area contributed by atoms with Gasteiger partial charge in [-0.25, -0.2) is 0 Å². The van der Waals surface area contributed by atoms with Crippen molar-refractivity contribution in [3.05, 3.63) is 0 Å². The Morgan fingerprint density at radius 2 is 2.20 bits per heavy atom. The lowest BCUT2D eigenvalue weighted by atomic mass is 9.57. The summed E-state index contributed by atoms with van der Waals surface area (Å²) in [7, 11) is 0. The minimum absolute atomic E-state index is 0.0208. The van der Waals surface area contributed by atoms with Crippen molar-refractivity contribution in [1.82, 2.24) is 0 Å². The van der Waals surface area contributed by atoms with Gasteiger partial charge in [0.2, 0.25) is 0 Å². The van der Waals surface area contributed by atoms with Crippen LogP contribution in [0.25, 0.3) is 0 Å². The second-order valence-corrected chi connectivity index (χ2v) is 3.88. The summed E-state index contributed by atoms with van der Waals surface area (Å²) in [5.74, 6) is 0. The molecule has 2 saturated heterocycles. The molecule has 1 saturated carbocycles. The first-order chi connectivity index (χ1) is 4.68. The average Bonchev–Trinajstić information content (AvgIpc) is 1.86. The molecule has 0 N–H and O–H groups in total. The first-order valence-corrected chi connectivity index (χ1v) is 3.78. The van der Waals surface area contributed by atoms with Gasteiger partial charge in [0.15, 0.2) is 0 Å². The van der Waals surface area contributed by atoms with Crippen LogP contribution in [0.4, 0.5) is 0 Å². The molecule has 3 aliphatic rings. The summed E-state index contributed by atoms with van der Waals surface area (Å²) in [6, 6.07) is 0. The van der Waals surface area contributed by atoms with Gasteiger partial charge in [0.25, 0.3) is 0 Å². The zero-order valence-corrected chi connectivity index (χ0v) is 6.22. The smallest absolute Gasteiger partial charge is 0.126 e. The standard InChI is InChI=1S/C8H12O2/c1-7-4-8(5-7,6-9)2-3-10-7/h6H,2-5H2,1H3. The zero-order valence-electron chi connectivity index (χ0n) is 6.22. The number of rotatable bonds is 1. The molecule has 2 nitrogen and oxygen atoms in total. The van der Waals surface area contributed by atoms with Crippen LogP contribution in [-0.4, -0.2) is 18.5 Å². The highest BCUT2D eigenvalue weighted by Crippen LogP contribution is 2.54. The van der Waals surface area contributed by atoms with Crippen molar-refractivity contribution in [3.63, 3.8) is 0 Å². The normalized spacial score (nSPS) is 51.7. The Bertz CT molecular complexity index is 168. The molecule has 1 aliphatic carbocycles. The molecule has 3 rings (SSSR count). The predicted molar refractivity (Wildman–Crippen MR) is 36.7 cm³/mol. The average molecular weight is 140 g/mol. The molecule has 2 heteroatoms. The van der Waals surface area contributed by atoms with E-state index in [0.717, 1.165) is 32.2 Å². The van der Waals surface area contributed by atoms with Crippen LogP contribution in [0.5, 0.6) is 0 Å². The van der Waals surface area contributed by atoms with Crippen molar-refractivity contribution in [2.45, 2.75) is 31.8 Å². The Morgan fingerprint density at radius 1 is 1.50 bits per heavy atom. The number of carbonyl (C=O) groups excluding carboxylic acids is 1. The number of ether oxygens (including phenoxy) is 1. The van der Waals surface area contributed by atoms with Crippen LogP contribution < -0.4 is 0 Å². The SMILES string of the molecule is CC12CC(C=O)(CCO1)C2. The molecule has 3 fully saturated rings. The van der Waals surface area contributed by atoms with Crippen molar-refractivity contribution in [3.8, 4) is 0 Å². The molecule has 0 spiro atoms. The number of hydrogen-bond donors (Lipinski definition) is 0. The third kappa shape index (κ3) is 0.655. The zero-order chi connectivity index (χ0) is 7.24. The number of fused-ring (bicyclic) bond motifs is 2. The number of aldehydes is 1. The summed E-state index contributed by atoms with van der Waals surface area (Å²) >= 11 is 0. The second-order valence-electron chi connectivity index (χ2n) is 3.88. The van der Waals surface area contributed by atoms with Gasteiger partial charge in [-0.1, -0.05) is 0 Å². The van der Waals surface area contributed by atoms with E-state index in [1.165, 1.54) is 0 Å². The second kappa shape index (κ2) is 1.62. The van der Waals surface area contributed by atoms with Crippen molar-refractivity contribution < 1.29 is 9.53 Å². The van der Waals surface area contributed by atoms with E-state index in [-0.39, 0.29) is 11.0 Å². The summed E-state index contributed by atoms with van der Waals surface area (Å²) in [5.41, 5.74) is 0.0756. The minimum atomic E-state index is 0.0208. The van der Waals surface area contributed by atoms with Crippen LogP contribution in [0.15, 0.2) is 0 Å². The lowest BCUT2D eigenvalue weighted by molar-refractivity contribution is -0.206. The lowest BCUT2D eigenvalue weighted by Gasteiger charge is -2.55. The fraction of sp³-hybridized carbons (Fsp3) is 0.875. The van der Waals surface area contributed by atoms with Crippen LogP contribution in [0.3, 0.4) is 0 Å². The Kier molecular flexibility index (Phi) is 1.03. The first kappa shape index (κ1) is 6.35. The molecule has 0 aromatic carbocycles. The van der Waals surface area contributed by atoms with Crippen molar-refractivity contribution in [1.29, 1.82) is 0 Å². The van der Waals surface area contributed by atoms with Gasteiger partial charge < -0.3 is 9.53 Å². The van der Waals surface area contributed by atoms with Gasteiger partial charge in [-0.2, -0.15) is 0 Å². The Hall–Kier alpha value is -0.370. The van der Waals surface area contributed by atoms with E-state index in [1.807, 2.05) is 0 Å². The molecular formula is C8H12O2. The van der Waals surface area contributed by atoms with Gasteiger partial charge in [-0.15, -0.1) is 0 Å². The van der Waals surface area contributed by atoms with E-state index in [4.69, 9.17) is 4.74 Å². The summed E-state index contributed by atoms with van der Waals surface area (Å²) < 4.78 is 5.50. The van der Waals surface area contributed by atoms with E-state index in [0.29, 0.717) is 0 Å². The number of carbonyl (C=O) groups is 1. The first-order valence-electron chi connectivity index (χ1n) is 3.78. The number of hydrogen-bond acceptors (Lipinski definition) is 2. The Morgan fingerprint density at radius 3 is 2.60 bits per heavy atom. The van der Waals surface area contributed by atoms with Crippen LogP contribution in [-0.2, 0) is 9.53 Å². The van der Waals surface area contributed by atoms with Crippen LogP contribution >= 0.6 is 0 Å². The van der Waals surface area contributed by atoms with Crippen molar-refractivity contribution >= 4 is 6.29 Å². The lowest BCUT2D eigenvalue weighted by Crippen LogP contribution is -2.57. The van der Waals surface area contributed by atoms with Crippen molar-refractivity contribution in [2.75, 3.05) is 6.61 Å². The van der Waals surface area contributed by atoms with E-state index < -0.39 is 0 Å². The molecule has 2 bridgehead atoms. The van der Waals surface area contributed by atoms with Crippen molar-refractivity contribution in [2.24, 2.45) is 5.41 Å². The molecule has 2 aliphatic heterocycles. The maximum Gasteiger partial charge on any atom is 0.126 e. The van der Waals surface area contributed by atoms with Gasteiger partial charge in [0.1, 0.15) is 6.29 Å². The quantitative estimate of drug-likeness (QED) is 0.510. The molecule has 0 amide bonds. The van der Waals surface area contributed by atoms with Crippen LogP contribution in [0.2, 0.25) is 0 Å².